The predicted molar refractivity (Wildman–Crippen MR) is 113 cm³/mol. The molecule has 0 unspecified atom stereocenters. The number of fused-ring (bicyclic) bond motifs is 1. The van der Waals surface area contributed by atoms with Crippen LogP contribution in [0.2, 0.25) is 0 Å². The van der Waals surface area contributed by atoms with E-state index in [4.69, 9.17) is 14.1 Å². The lowest BCUT2D eigenvalue weighted by molar-refractivity contribution is 0.0675. The van der Waals surface area contributed by atoms with Crippen LogP contribution in [0.15, 0.2) is 71.1 Å². The first-order valence-electron chi connectivity index (χ1n) is 10.3. The number of ether oxygens (including phenoxy) is 1. The number of nitrogens with one attached hydrogen (secondary N) is 1. The number of rotatable bonds is 5. The average molecular weight is 401 g/mol. The molecule has 1 saturated heterocycles. The van der Waals surface area contributed by atoms with Crippen molar-refractivity contribution in [2.75, 3.05) is 13.1 Å². The molecule has 2 aromatic carbocycles. The van der Waals surface area contributed by atoms with Gasteiger partial charge in [-0.2, -0.15) is 0 Å². The van der Waals surface area contributed by atoms with Crippen molar-refractivity contribution < 1.29 is 13.9 Å². The van der Waals surface area contributed by atoms with E-state index < -0.39 is 0 Å². The van der Waals surface area contributed by atoms with Crippen molar-refractivity contribution in [1.82, 2.24) is 14.9 Å². The van der Waals surface area contributed by atoms with Gasteiger partial charge in [-0.15, -0.1) is 0 Å². The second kappa shape index (κ2) is 8.06. The maximum atomic E-state index is 12.8. The highest BCUT2D eigenvalue weighted by molar-refractivity contribution is 5.91. The minimum atomic E-state index is -0.0657. The largest absolute Gasteiger partial charge is 0.486 e. The maximum Gasteiger partial charge on any atom is 0.289 e. The number of aromatic amines is 1. The van der Waals surface area contributed by atoms with Crippen molar-refractivity contribution >= 4 is 16.9 Å². The van der Waals surface area contributed by atoms with E-state index in [0.717, 1.165) is 35.4 Å². The SMILES string of the molecule is O=C(c1ccc(COc2ccccc2)o1)N1CCC(c2nc3ccccc3[nH]2)CC1. The van der Waals surface area contributed by atoms with Gasteiger partial charge < -0.3 is 19.0 Å². The summed E-state index contributed by atoms with van der Waals surface area (Å²) >= 11 is 0. The Morgan fingerprint density at radius 1 is 1.03 bits per heavy atom. The number of amides is 1. The Hall–Kier alpha value is -3.54. The van der Waals surface area contributed by atoms with Gasteiger partial charge in [-0.1, -0.05) is 30.3 Å². The number of nitrogens with zero attached hydrogens (tertiary/aromatic N) is 2. The minimum Gasteiger partial charge on any atom is -0.486 e. The summed E-state index contributed by atoms with van der Waals surface area (Å²) < 4.78 is 11.4. The Balaban J connectivity index is 1.18. The summed E-state index contributed by atoms with van der Waals surface area (Å²) in [5.74, 6) is 3.07. The van der Waals surface area contributed by atoms with Gasteiger partial charge in [0.2, 0.25) is 0 Å². The fourth-order valence-corrected chi connectivity index (χ4v) is 3.92. The van der Waals surface area contributed by atoms with E-state index in [2.05, 4.69) is 4.98 Å². The topological polar surface area (TPSA) is 71.4 Å². The van der Waals surface area contributed by atoms with Crippen LogP contribution in [0.4, 0.5) is 0 Å². The van der Waals surface area contributed by atoms with Crippen LogP contribution >= 0.6 is 0 Å². The molecular formula is C24H23N3O3. The Labute approximate surface area is 174 Å². The summed E-state index contributed by atoms with van der Waals surface area (Å²) in [6.45, 7) is 1.68. The molecule has 1 amide bonds. The monoisotopic (exact) mass is 401 g/mol. The number of hydrogen-bond acceptors (Lipinski definition) is 4. The zero-order chi connectivity index (χ0) is 20.3. The molecule has 5 rings (SSSR count). The third-order valence-electron chi connectivity index (χ3n) is 5.57. The van der Waals surface area contributed by atoms with Crippen molar-refractivity contribution in [1.29, 1.82) is 0 Å². The average Bonchev–Trinajstić information content (AvgIpc) is 3.45. The summed E-state index contributed by atoms with van der Waals surface area (Å²) in [5.41, 5.74) is 2.05. The van der Waals surface area contributed by atoms with Crippen molar-refractivity contribution in [2.24, 2.45) is 0 Å². The first-order chi connectivity index (χ1) is 14.8. The lowest BCUT2D eigenvalue weighted by Crippen LogP contribution is -2.37. The smallest absolute Gasteiger partial charge is 0.289 e. The van der Waals surface area contributed by atoms with E-state index in [1.54, 1.807) is 12.1 Å². The molecular weight excluding hydrogens is 378 g/mol. The number of likely N-dealkylation sites (tertiary alicyclic amines) is 1. The highest BCUT2D eigenvalue weighted by Crippen LogP contribution is 2.28. The van der Waals surface area contributed by atoms with Gasteiger partial charge in [-0.05, 0) is 49.2 Å². The summed E-state index contributed by atoms with van der Waals surface area (Å²) in [4.78, 5) is 22.8. The lowest BCUT2D eigenvalue weighted by atomic mass is 9.96. The van der Waals surface area contributed by atoms with Gasteiger partial charge in [-0.25, -0.2) is 4.98 Å². The zero-order valence-corrected chi connectivity index (χ0v) is 16.6. The fourth-order valence-electron chi connectivity index (χ4n) is 3.92. The molecule has 0 aliphatic carbocycles. The Morgan fingerprint density at radius 3 is 2.60 bits per heavy atom. The van der Waals surface area contributed by atoms with Crippen molar-refractivity contribution in [3.05, 3.63) is 84.1 Å². The molecule has 1 N–H and O–H groups in total. The molecule has 0 saturated carbocycles. The number of piperidine rings is 1. The molecule has 6 heteroatoms. The number of carbonyl (C=O) groups is 1. The molecule has 0 radical (unpaired) electrons. The molecule has 3 heterocycles. The number of carbonyl (C=O) groups excluding carboxylic acids is 1. The van der Waals surface area contributed by atoms with Crippen LogP contribution in [0.5, 0.6) is 5.75 Å². The Morgan fingerprint density at radius 2 is 1.80 bits per heavy atom. The van der Waals surface area contributed by atoms with E-state index >= 15 is 0 Å². The van der Waals surface area contributed by atoms with Gasteiger partial charge in [0.15, 0.2) is 5.76 Å². The quantitative estimate of drug-likeness (QED) is 0.524. The van der Waals surface area contributed by atoms with Crippen LogP contribution in [0.1, 0.15) is 40.9 Å². The normalized spacial score (nSPS) is 14.9. The summed E-state index contributed by atoms with van der Waals surface area (Å²) in [6, 6.07) is 21.2. The standard InChI is InChI=1S/C24H23N3O3/c28-24(22-11-10-19(30-22)16-29-18-6-2-1-3-7-18)27-14-12-17(13-15-27)23-25-20-8-4-5-9-21(20)26-23/h1-11,17H,12-16H2,(H,25,26). The number of imidazole rings is 1. The Kier molecular flexibility index (Phi) is 4.97. The van der Waals surface area contributed by atoms with E-state index in [9.17, 15) is 4.79 Å². The molecule has 1 fully saturated rings. The molecule has 0 atom stereocenters. The molecule has 1 aliphatic rings. The zero-order valence-electron chi connectivity index (χ0n) is 16.6. The van der Waals surface area contributed by atoms with Crippen molar-refractivity contribution in [3.8, 4) is 5.75 Å². The highest BCUT2D eigenvalue weighted by Gasteiger charge is 2.27. The number of aromatic nitrogens is 2. The number of H-pyrrole nitrogens is 1. The third-order valence-corrected chi connectivity index (χ3v) is 5.57. The van der Waals surface area contributed by atoms with E-state index in [0.29, 0.717) is 37.1 Å². The molecule has 6 nitrogen and oxygen atoms in total. The molecule has 0 bridgehead atoms. The number of para-hydroxylation sites is 3. The molecule has 30 heavy (non-hydrogen) atoms. The van der Waals surface area contributed by atoms with E-state index in [1.807, 2.05) is 59.5 Å². The van der Waals surface area contributed by atoms with Crippen molar-refractivity contribution in [2.45, 2.75) is 25.4 Å². The summed E-state index contributed by atoms with van der Waals surface area (Å²) in [6.07, 6.45) is 1.77. The van der Waals surface area contributed by atoms with Gasteiger partial charge in [-0.3, -0.25) is 4.79 Å². The number of hydrogen-bond donors (Lipinski definition) is 1. The van der Waals surface area contributed by atoms with Crippen LogP contribution in [0.3, 0.4) is 0 Å². The molecule has 1 aliphatic heterocycles. The first kappa shape index (κ1) is 18.5. The van der Waals surface area contributed by atoms with Gasteiger partial charge in [0.1, 0.15) is 23.9 Å². The summed E-state index contributed by atoms with van der Waals surface area (Å²) in [5, 5.41) is 0. The summed E-state index contributed by atoms with van der Waals surface area (Å²) in [7, 11) is 0. The van der Waals surface area contributed by atoms with Gasteiger partial charge >= 0.3 is 0 Å². The van der Waals surface area contributed by atoms with E-state index in [-0.39, 0.29) is 5.91 Å². The number of furan rings is 1. The second-order valence-corrected chi connectivity index (χ2v) is 7.57. The van der Waals surface area contributed by atoms with Crippen LogP contribution in [-0.4, -0.2) is 33.9 Å². The van der Waals surface area contributed by atoms with Crippen LogP contribution in [-0.2, 0) is 6.61 Å². The van der Waals surface area contributed by atoms with Gasteiger partial charge in [0.25, 0.3) is 5.91 Å². The Bertz CT molecular complexity index is 1110. The lowest BCUT2D eigenvalue weighted by Gasteiger charge is -2.30. The van der Waals surface area contributed by atoms with E-state index in [1.165, 1.54) is 0 Å². The molecule has 4 aromatic rings. The fraction of sp³-hybridized carbons (Fsp3) is 0.250. The number of benzene rings is 2. The highest BCUT2D eigenvalue weighted by atomic mass is 16.5. The van der Waals surface area contributed by atoms with Crippen molar-refractivity contribution in [3.63, 3.8) is 0 Å². The maximum absolute atomic E-state index is 12.8. The predicted octanol–water partition coefficient (Wildman–Crippen LogP) is 4.75. The third kappa shape index (κ3) is 3.81. The first-order valence-corrected chi connectivity index (χ1v) is 10.3. The van der Waals surface area contributed by atoms with Crippen LogP contribution in [0, 0.1) is 0 Å². The van der Waals surface area contributed by atoms with Crippen LogP contribution in [0.25, 0.3) is 11.0 Å². The minimum absolute atomic E-state index is 0.0657. The molecule has 0 spiro atoms. The van der Waals surface area contributed by atoms with Crippen LogP contribution < -0.4 is 4.74 Å². The molecule has 2 aromatic heterocycles. The molecule has 152 valence electrons. The van der Waals surface area contributed by atoms with Gasteiger partial charge in [0.05, 0.1) is 11.0 Å². The second-order valence-electron chi connectivity index (χ2n) is 7.57. The van der Waals surface area contributed by atoms with Gasteiger partial charge in [0, 0.05) is 19.0 Å².